The van der Waals surface area contributed by atoms with Gasteiger partial charge in [0.2, 0.25) is 12.2 Å². The summed E-state index contributed by atoms with van der Waals surface area (Å²) in [6.07, 6.45) is 3.69. The minimum Gasteiger partial charge on any atom is -0.355 e. The van der Waals surface area contributed by atoms with Crippen LogP contribution in [0.15, 0.2) is 65.7 Å². The highest BCUT2D eigenvalue weighted by molar-refractivity contribution is 5.80. The molecule has 0 fully saturated rings. The zero-order valence-electron chi connectivity index (χ0n) is 15.5. The third kappa shape index (κ3) is 6.96. The Bertz CT molecular complexity index is 704. The smallest absolute Gasteiger partial charge is 0.209 e. The lowest BCUT2D eigenvalue weighted by molar-refractivity contribution is 0.290. The molecule has 0 saturated heterocycles. The van der Waals surface area contributed by atoms with E-state index in [0.717, 1.165) is 19.4 Å². The predicted molar refractivity (Wildman–Crippen MR) is 107 cm³/mol. The molecule has 136 valence electrons. The molecule has 0 aliphatic heterocycles. The van der Waals surface area contributed by atoms with Crippen molar-refractivity contribution in [1.29, 1.82) is 5.26 Å². The van der Waals surface area contributed by atoms with Crippen LogP contribution in [0.5, 0.6) is 0 Å². The Morgan fingerprint density at radius 1 is 1.00 bits per heavy atom. The summed E-state index contributed by atoms with van der Waals surface area (Å²) in [6.45, 7) is 1.43. The molecule has 0 bridgehead atoms. The number of hydrogen-bond donors (Lipinski definition) is 2. The van der Waals surface area contributed by atoms with E-state index in [2.05, 4.69) is 71.0 Å². The van der Waals surface area contributed by atoms with E-state index in [1.165, 1.54) is 11.1 Å². The van der Waals surface area contributed by atoms with Crippen LogP contribution in [-0.4, -0.2) is 44.1 Å². The van der Waals surface area contributed by atoms with Gasteiger partial charge in [0, 0.05) is 19.1 Å². The molecule has 0 radical (unpaired) electrons. The minimum absolute atomic E-state index is 0.303. The van der Waals surface area contributed by atoms with Crippen molar-refractivity contribution in [2.24, 2.45) is 4.99 Å². The van der Waals surface area contributed by atoms with Crippen LogP contribution in [0.1, 0.15) is 11.1 Å². The summed E-state index contributed by atoms with van der Waals surface area (Å²) in [5, 5.41) is 15.4. The number of nitrogens with one attached hydrogen (secondary N) is 2. The highest BCUT2D eigenvalue weighted by Crippen LogP contribution is 2.06. The summed E-state index contributed by atoms with van der Waals surface area (Å²) in [7, 11) is 4.14. The Morgan fingerprint density at radius 3 is 2.19 bits per heavy atom. The molecule has 1 atom stereocenters. The number of rotatable bonds is 8. The van der Waals surface area contributed by atoms with Gasteiger partial charge in [-0.2, -0.15) is 5.26 Å². The average molecular weight is 349 g/mol. The highest BCUT2D eigenvalue weighted by Gasteiger charge is 2.13. The molecule has 2 rings (SSSR count). The number of aliphatic imine (C=N–C) groups is 1. The summed E-state index contributed by atoms with van der Waals surface area (Å²) in [6, 6.07) is 21.0. The predicted octanol–water partition coefficient (Wildman–Crippen LogP) is 2.42. The molecular weight excluding hydrogens is 322 g/mol. The van der Waals surface area contributed by atoms with E-state index in [0.29, 0.717) is 18.5 Å². The fourth-order valence-electron chi connectivity index (χ4n) is 2.70. The second-order valence-electron chi connectivity index (χ2n) is 6.41. The fourth-order valence-corrected chi connectivity index (χ4v) is 2.70. The Balaban J connectivity index is 1.85. The lowest BCUT2D eigenvalue weighted by Gasteiger charge is -2.25. The van der Waals surface area contributed by atoms with Crippen LogP contribution in [0.2, 0.25) is 0 Å². The summed E-state index contributed by atoms with van der Waals surface area (Å²) in [5.41, 5.74) is 2.55. The first kappa shape index (κ1) is 19.5. The van der Waals surface area contributed by atoms with Crippen molar-refractivity contribution in [2.75, 3.05) is 27.2 Å². The fraction of sp³-hybridized carbons (Fsp3) is 0.333. The maximum absolute atomic E-state index is 8.93. The Morgan fingerprint density at radius 2 is 1.62 bits per heavy atom. The number of nitriles is 1. The van der Waals surface area contributed by atoms with Crippen LogP contribution in [-0.2, 0) is 12.8 Å². The van der Waals surface area contributed by atoms with Crippen molar-refractivity contribution in [3.05, 3.63) is 71.8 Å². The molecule has 2 aromatic carbocycles. The monoisotopic (exact) mass is 349 g/mol. The first-order valence-electron chi connectivity index (χ1n) is 8.88. The number of likely N-dealkylation sites (N-methyl/N-ethyl adjacent to an activating group) is 1. The van der Waals surface area contributed by atoms with Crippen LogP contribution in [0.4, 0.5) is 0 Å². The van der Waals surface area contributed by atoms with Crippen LogP contribution >= 0.6 is 0 Å². The van der Waals surface area contributed by atoms with Crippen LogP contribution in [0.3, 0.4) is 0 Å². The summed E-state index contributed by atoms with van der Waals surface area (Å²) >= 11 is 0. The molecule has 2 N–H and O–H groups in total. The molecule has 5 nitrogen and oxygen atoms in total. The van der Waals surface area contributed by atoms with Crippen LogP contribution in [0.25, 0.3) is 0 Å². The molecule has 0 spiro atoms. The first-order chi connectivity index (χ1) is 12.7. The molecule has 0 aromatic heterocycles. The maximum atomic E-state index is 8.93. The van der Waals surface area contributed by atoms with Gasteiger partial charge in [0.15, 0.2) is 0 Å². The molecule has 0 aliphatic rings. The van der Waals surface area contributed by atoms with Crippen molar-refractivity contribution >= 4 is 5.96 Å². The molecule has 2 aromatic rings. The Hall–Kier alpha value is -2.84. The van der Waals surface area contributed by atoms with E-state index in [9.17, 15) is 0 Å². The van der Waals surface area contributed by atoms with Crippen molar-refractivity contribution in [1.82, 2.24) is 15.5 Å². The van der Waals surface area contributed by atoms with E-state index in [1.54, 1.807) is 0 Å². The van der Waals surface area contributed by atoms with Crippen molar-refractivity contribution in [2.45, 2.75) is 18.9 Å². The van der Waals surface area contributed by atoms with Gasteiger partial charge in [-0.05, 0) is 38.1 Å². The zero-order chi connectivity index (χ0) is 18.6. The van der Waals surface area contributed by atoms with E-state index < -0.39 is 0 Å². The van der Waals surface area contributed by atoms with Crippen LogP contribution in [0, 0.1) is 11.5 Å². The van der Waals surface area contributed by atoms with Gasteiger partial charge in [0.05, 0.1) is 0 Å². The van der Waals surface area contributed by atoms with Gasteiger partial charge in [0.1, 0.15) is 0 Å². The van der Waals surface area contributed by atoms with Gasteiger partial charge in [0.25, 0.3) is 0 Å². The van der Waals surface area contributed by atoms with Crippen molar-refractivity contribution < 1.29 is 0 Å². The molecule has 0 saturated carbocycles. The molecule has 0 amide bonds. The van der Waals surface area contributed by atoms with E-state index in [4.69, 9.17) is 5.26 Å². The van der Waals surface area contributed by atoms with Crippen LogP contribution < -0.4 is 10.6 Å². The topological polar surface area (TPSA) is 63.5 Å². The average Bonchev–Trinajstić information content (AvgIpc) is 2.66. The number of nitrogens with zero attached hydrogens (tertiary/aromatic N) is 3. The van der Waals surface area contributed by atoms with Gasteiger partial charge in [-0.1, -0.05) is 60.7 Å². The van der Waals surface area contributed by atoms with Crippen molar-refractivity contribution in [3.8, 4) is 6.19 Å². The van der Waals surface area contributed by atoms with Gasteiger partial charge in [-0.25, -0.2) is 0 Å². The number of benzene rings is 2. The molecule has 26 heavy (non-hydrogen) atoms. The minimum atomic E-state index is 0.303. The van der Waals surface area contributed by atoms with Gasteiger partial charge < -0.3 is 15.5 Å². The SMILES string of the molecule is CN(C)C(CN/C(=N/C#N)NCCc1ccccc1)Cc1ccccc1. The maximum Gasteiger partial charge on any atom is 0.209 e. The van der Waals surface area contributed by atoms with E-state index in [1.807, 2.05) is 30.5 Å². The van der Waals surface area contributed by atoms with E-state index in [-0.39, 0.29) is 0 Å². The molecular formula is C21H27N5. The lowest BCUT2D eigenvalue weighted by Crippen LogP contribution is -2.46. The molecule has 1 unspecified atom stereocenters. The first-order valence-corrected chi connectivity index (χ1v) is 8.88. The molecule has 0 heterocycles. The second-order valence-corrected chi connectivity index (χ2v) is 6.41. The summed E-state index contributed by atoms with van der Waals surface area (Å²) in [4.78, 5) is 6.06. The normalized spacial score (nSPS) is 12.5. The highest BCUT2D eigenvalue weighted by atomic mass is 15.2. The Kier molecular flexibility index (Phi) is 8.17. The third-order valence-electron chi connectivity index (χ3n) is 4.26. The third-order valence-corrected chi connectivity index (χ3v) is 4.26. The lowest BCUT2D eigenvalue weighted by atomic mass is 10.1. The largest absolute Gasteiger partial charge is 0.355 e. The summed E-state index contributed by atoms with van der Waals surface area (Å²) in [5.74, 6) is 0.531. The van der Waals surface area contributed by atoms with Gasteiger partial charge in [-0.3, -0.25) is 0 Å². The summed E-state index contributed by atoms with van der Waals surface area (Å²) < 4.78 is 0. The zero-order valence-corrected chi connectivity index (χ0v) is 15.5. The number of hydrogen-bond acceptors (Lipinski definition) is 3. The molecule has 0 aliphatic carbocycles. The molecule has 5 heteroatoms. The number of guanidine groups is 1. The standard InChI is InChI=1S/C21H27N5/c1-26(2)20(15-19-11-7-4-8-12-19)16-24-21(25-17-22)23-14-13-18-9-5-3-6-10-18/h3-12,20H,13-16H2,1-2H3,(H2,23,24,25). The quantitative estimate of drug-likeness (QED) is 0.436. The van der Waals surface area contributed by atoms with Gasteiger partial charge >= 0.3 is 0 Å². The van der Waals surface area contributed by atoms with E-state index >= 15 is 0 Å². The van der Waals surface area contributed by atoms with Gasteiger partial charge in [-0.15, -0.1) is 4.99 Å². The second kappa shape index (κ2) is 10.9. The Labute approximate surface area is 156 Å². The van der Waals surface area contributed by atoms with Crippen molar-refractivity contribution in [3.63, 3.8) is 0 Å².